The lowest BCUT2D eigenvalue weighted by atomic mass is 10.1. The predicted octanol–water partition coefficient (Wildman–Crippen LogP) is 3.42. The highest BCUT2D eigenvalue weighted by Crippen LogP contribution is 2.34. The maximum absolute atomic E-state index is 3.67. The largest absolute Gasteiger partial charge is 0.314 e. The monoisotopic (exact) mass is 252 g/mol. The van der Waals surface area contributed by atoms with Crippen LogP contribution in [0.4, 0.5) is 0 Å². The van der Waals surface area contributed by atoms with Gasteiger partial charge in [-0.3, -0.25) is 0 Å². The van der Waals surface area contributed by atoms with Crippen molar-refractivity contribution in [2.45, 2.75) is 77.3 Å². The van der Waals surface area contributed by atoms with Crippen molar-refractivity contribution in [3.05, 3.63) is 0 Å². The minimum absolute atomic E-state index is 0.756. The van der Waals surface area contributed by atoms with Crippen molar-refractivity contribution in [1.29, 1.82) is 0 Å². The van der Waals surface area contributed by atoms with Crippen LogP contribution in [0.25, 0.3) is 0 Å². The third-order valence-electron chi connectivity index (χ3n) is 4.43. The Bertz CT molecular complexity index is 221. The third-order valence-corrected chi connectivity index (χ3v) is 4.43. The summed E-state index contributed by atoms with van der Waals surface area (Å²) in [6.45, 7) is 8.52. The van der Waals surface area contributed by atoms with Crippen molar-refractivity contribution in [1.82, 2.24) is 10.2 Å². The molecule has 1 atom stereocenters. The molecule has 0 aromatic carbocycles. The highest BCUT2D eigenvalue weighted by Gasteiger charge is 2.33. The molecule has 2 aliphatic rings. The normalized spacial score (nSPS) is 21.5. The molecule has 2 heteroatoms. The molecule has 0 radical (unpaired) electrons. The molecule has 0 aliphatic heterocycles. The number of rotatable bonds is 11. The molecule has 2 nitrogen and oxygen atoms in total. The Balaban J connectivity index is 1.58. The Morgan fingerprint density at radius 2 is 1.94 bits per heavy atom. The third kappa shape index (κ3) is 5.27. The van der Waals surface area contributed by atoms with Crippen LogP contribution in [0.1, 0.15) is 65.2 Å². The number of hydrogen-bond donors (Lipinski definition) is 1. The Kier molecular flexibility index (Phi) is 5.97. The topological polar surface area (TPSA) is 15.3 Å². The van der Waals surface area contributed by atoms with Crippen LogP contribution in [0.5, 0.6) is 0 Å². The minimum Gasteiger partial charge on any atom is -0.314 e. The summed E-state index contributed by atoms with van der Waals surface area (Å²) in [6, 6.07) is 1.72. The van der Waals surface area contributed by atoms with E-state index in [4.69, 9.17) is 0 Å². The molecular weight excluding hydrogens is 220 g/mol. The molecule has 1 N–H and O–H groups in total. The van der Waals surface area contributed by atoms with Gasteiger partial charge in [0.1, 0.15) is 0 Å². The summed E-state index contributed by atoms with van der Waals surface area (Å²) in [5, 5.41) is 3.67. The lowest BCUT2D eigenvalue weighted by Crippen LogP contribution is -2.33. The van der Waals surface area contributed by atoms with Gasteiger partial charge in [-0.15, -0.1) is 0 Å². The van der Waals surface area contributed by atoms with Crippen molar-refractivity contribution < 1.29 is 0 Å². The van der Waals surface area contributed by atoms with Crippen molar-refractivity contribution in [2.75, 3.05) is 19.6 Å². The first-order valence-corrected chi connectivity index (χ1v) is 8.30. The molecule has 0 saturated heterocycles. The van der Waals surface area contributed by atoms with E-state index in [0.29, 0.717) is 0 Å². The highest BCUT2D eigenvalue weighted by molar-refractivity contribution is 4.88. The predicted molar refractivity (Wildman–Crippen MR) is 78.9 cm³/mol. The van der Waals surface area contributed by atoms with E-state index >= 15 is 0 Å². The Morgan fingerprint density at radius 1 is 1.17 bits per heavy atom. The first-order valence-electron chi connectivity index (χ1n) is 8.30. The summed E-state index contributed by atoms with van der Waals surface area (Å²) in [4.78, 5) is 2.80. The molecule has 0 spiro atoms. The van der Waals surface area contributed by atoms with Gasteiger partial charge in [-0.05, 0) is 70.4 Å². The average Bonchev–Trinajstić information content (AvgIpc) is 3.25. The summed E-state index contributed by atoms with van der Waals surface area (Å²) in [6.07, 6.45) is 11.2. The van der Waals surface area contributed by atoms with E-state index in [0.717, 1.165) is 18.0 Å². The van der Waals surface area contributed by atoms with Gasteiger partial charge >= 0.3 is 0 Å². The standard InChI is InChI=1S/C16H32N2/c1-3-11-17-15(4-2)6-5-12-18(16-9-10-16)13-14-7-8-14/h14-17H,3-13H2,1-2H3. The summed E-state index contributed by atoms with van der Waals surface area (Å²) in [7, 11) is 0. The van der Waals surface area contributed by atoms with E-state index in [1.54, 1.807) is 0 Å². The van der Waals surface area contributed by atoms with Crippen molar-refractivity contribution >= 4 is 0 Å². The van der Waals surface area contributed by atoms with Gasteiger partial charge in [-0.1, -0.05) is 13.8 Å². The average molecular weight is 252 g/mol. The molecule has 2 saturated carbocycles. The Hall–Kier alpha value is -0.0800. The van der Waals surface area contributed by atoms with Crippen LogP contribution >= 0.6 is 0 Å². The van der Waals surface area contributed by atoms with Crippen LogP contribution in [0.3, 0.4) is 0 Å². The summed E-state index contributed by atoms with van der Waals surface area (Å²) >= 11 is 0. The maximum Gasteiger partial charge on any atom is 0.00965 e. The molecular formula is C16H32N2. The first kappa shape index (κ1) is 14.3. The summed E-state index contributed by atoms with van der Waals surface area (Å²) < 4.78 is 0. The van der Waals surface area contributed by atoms with Gasteiger partial charge < -0.3 is 10.2 Å². The van der Waals surface area contributed by atoms with Crippen LogP contribution < -0.4 is 5.32 Å². The van der Waals surface area contributed by atoms with E-state index in [1.165, 1.54) is 71.0 Å². The molecule has 106 valence electrons. The fraction of sp³-hybridized carbons (Fsp3) is 1.00. The van der Waals surface area contributed by atoms with Gasteiger partial charge in [-0.25, -0.2) is 0 Å². The maximum atomic E-state index is 3.67. The summed E-state index contributed by atoms with van der Waals surface area (Å²) in [5.41, 5.74) is 0. The molecule has 18 heavy (non-hydrogen) atoms. The zero-order chi connectivity index (χ0) is 12.8. The van der Waals surface area contributed by atoms with Crippen LogP contribution in [-0.4, -0.2) is 36.6 Å². The number of nitrogens with one attached hydrogen (secondary N) is 1. The molecule has 0 aromatic heterocycles. The van der Waals surface area contributed by atoms with E-state index in [1.807, 2.05) is 0 Å². The zero-order valence-corrected chi connectivity index (χ0v) is 12.5. The van der Waals surface area contributed by atoms with Crippen LogP contribution in [0.2, 0.25) is 0 Å². The molecule has 2 fully saturated rings. The lowest BCUT2D eigenvalue weighted by Gasteiger charge is -2.23. The van der Waals surface area contributed by atoms with Crippen molar-refractivity contribution in [3.8, 4) is 0 Å². The smallest absolute Gasteiger partial charge is 0.00965 e. The van der Waals surface area contributed by atoms with Gasteiger partial charge in [0.05, 0.1) is 0 Å². The minimum atomic E-state index is 0.756. The lowest BCUT2D eigenvalue weighted by molar-refractivity contribution is 0.242. The quantitative estimate of drug-likeness (QED) is 0.606. The second kappa shape index (κ2) is 7.49. The molecule has 2 rings (SSSR count). The van der Waals surface area contributed by atoms with Gasteiger partial charge in [0.2, 0.25) is 0 Å². The molecule has 0 heterocycles. The van der Waals surface area contributed by atoms with E-state index in [9.17, 15) is 0 Å². The zero-order valence-electron chi connectivity index (χ0n) is 12.5. The SMILES string of the molecule is CCCNC(CC)CCCN(CC1CC1)C1CC1. The Morgan fingerprint density at radius 3 is 2.50 bits per heavy atom. The van der Waals surface area contributed by atoms with Crippen molar-refractivity contribution in [3.63, 3.8) is 0 Å². The molecule has 0 amide bonds. The molecule has 2 aliphatic carbocycles. The van der Waals surface area contributed by atoms with E-state index < -0.39 is 0 Å². The fourth-order valence-electron chi connectivity index (χ4n) is 2.83. The second-order valence-electron chi connectivity index (χ2n) is 6.37. The highest BCUT2D eigenvalue weighted by atomic mass is 15.2. The van der Waals surface area contributed by atoms with Crippen molar-refractivity contribution in [2.24, 2.45) is 5.92 Å². The molecule has 1 unspecified atom stereocenters. The van der Waals surface area contributed by atoms with Crippen LogP contribution in [0.15, 0.2) is 0 Å². The van der Waals surface area contributed by atoms with Gasteiger partial charge in [0, 0.05) is 18.6 Å². The fourth-order valence-corrected chi connectivity index (χ4v) is 2.83. The van der Waals surface area contributed by atoms with Gasteiger partial charge in [0.15, 0.2) is 0 Å². The van der Waals surface area contributed by atoms with Gasteiger partial charge in [-0.2, -0.15) is 0 Å². The second-order valence-corrected chi connectivity index (χ2v) is 6.37. The first-order chi connectivity index (χ1) is 8.83. The molecule has 0 bridgehead atoms. The van der Waals surface area contributed by atoms with E-state index in [2.05, 4.69) is 24.1 Å². The molecule has 0 aromatic rings. The number of hydrogen-bond acceptors (Lipinski definition) is 2. The van der Waals surface area contributed by atoms with Crippen LogP contribution in [0, 0.1) is 5.92 Å². The summed E-state index contributed by atoms with van der Waals surface area (Å²) in [5.74, 6) is 1.06. The Labute approximate surface area is 114 Å². The number of nitrogens with zero attached hydrogens (tertiary/aromatic N) is 1. The van der Waals surface area contributed by atoms with E-state index in [-0.39, 0.29) is 0 Å². The van der Waals surface area contributed by atoms with Crippen LogP contribution in [-0.2, 0) is 0 Å². The van der Waals surface area contributed by atoms with Gasteiger partial charge in [0.25, 0.3) is 0 Å².